The Morgan fingerprint density at radius 3 is 2.52 bits per heavy atom. The van der Waals surface area contributed by atoms with E-state index in [0.717, 1.165) is 12.8 Å². The number of halogens is 3. The van der Waals surface area contributed by atoms with Gasteiger partial charge in [0.2, 0.25) is 11.8 Å². The van der Waals surface area contributed by atoms with E-state index in [1.807, 2.05) is 6.07 Å². The number of hydrogen-bond donors (Lipinski definition) is 3. The number of ether oxygens (including phenoxy) is 3. The van der Waals surface area contributed by atoms with Crippen LogP contribution in [0.4, 0.5) is 20.7 Å². The summed E-state index contributed by atoms with van der Waals surface area (Å²) in [5, 5.41) is 9.94. The molecule has 0 unspecified atom stereocenters. The number of benzene rings is 1. The maximum Gasteiger partial charge on any atom is 0.410 e. The molecule has 1 aromatic carbocycles. The lowest BCUT2D eigenvalue weighted by Gasteiger charge is -2.29. The van der Waals surface area contributed by atoms with Crippen LogP contribution in [0.1, 0.15) is 57.6 Å². The van der Waals surface area contributed by atoms with Crippen molar-refractivity contribution in [2.75, 3.05) is 32.2 Å². The Bertz CT molecular complexity index is 1990. The fraction of sp³-hybridized carbons (Fsp3) is 0.410. The molecule has 2 aliphatic rings. The molecule has 4 aromatic rings. The molecule has 0 spiro atoms. The number of aromatic nitrogens is 3. The molecule has 0 saturated carbocycles. The van der Waals surface area contributed by atoms with Crippen LogP contribution >= 0.6 is 23.2 Å². The summed E-state index contributed by atoms with van der Waals surface area (Å²) in [6.07, 6.45) is 5.43. The van der Waals surface area contributed by atoms with E-state index in [-0.39, 0.29) is 52.8 Å². The quantitative estimate of drug-likeness (QED) is 0.131. The van der Waals surface area contributed by atoms with Crippen molar-refractivity contribution >= 4 is 46.7 Å². The second-order valence-electron chi connectivity index (χ2n) is 14.2. The van der Waals surface area contributed by atoms with Gasteiger partial charge in [-0.15, -0.1) is 0 Å². The molecule has 3 N–H and O–H groups in total. The van der Waals surface area contributed by atoms with E-state index in [4.69, 9.17) is 42.4 Å². The van der Waals surface area contributed by atoms with Gasteiger partial charge in [0.05, 0.1) is 40.8 Å². The van der Waals surface area contributed by atoms with Crippen LogP contribution in [0.25, 0.3) is 22.5 Å². The van der Waals surface area contributed by atoms with E-state index in [0.29, 0.717) is 71.9 Å². The van der Waals surface area contributed by atoms with Crippen LogP contribution < -0.4 is 20.7 Å². The molecule has 2 saturated heterocycles. The average Bonchev–Trinajstić information content (AvgIpc) is 3.56. The van der Waals surface area contributed by atoms with Gasteiger partial charge in [0.1, 0.15) is 5.60 Å². The van der Waals surface area contributed by atoms with Crippen LogP contribution in [0.2, 0.25) is 10.0 Å². The van der Waals surface area contributed by atoms with Crippen molar-refractivity contribution in [3.05, 3.63) is 81.8 Å². The first kappa shape index (κ1) is 39.1. The van der Waals surface area contributed by atoms with Crippen molar-refractivity contribution in [3.63, 3.8) is 0 Å². The number of rotatable bonds is 12. The van der Waals surface area contributed by atoms with Crippen LogP contribution in [0, 0.1) is 5.82 Å². The number of methoxy groups -OCH3 is 1. The standard InChI is InChI=1S/C39H44Cl2FN7O5/c1-39(2,3)54-38(51)49(22-26-9-11-31(50)46-26)21-24-8-10-29(48-37(24)52-4)27-13-17-43-35(33(27)41)28-6-5-7-30(32(28)40)47-36-34(42)23(12-16-44-36)20-45-25-14-18-53-19-15-25/h5-8,10,12-13,16-17,25-26,45H,9,11,14-15,18-22H2,1-4H3,(H,44,47)(H,46,50)/t26-/m0/s1. The van der Waals surface area contributed by atoms with Crippen LogP contribution in [0.15, 0.2) is 54.9 Å². The van der Waals surface area contributed by atoms with E-state index in [9.17, 15) is 9.59 Å². The molecule has 2 fully saturated rings. The predicted molar refractivity (Wildman–Crippen MR) is 205 cm³/mol. The van der Waals surface area contributed by atoms with Crippen molar-refractivity contribution in [2.45, 2.75) is 77.2 Å². The summed E-state index contributed by atoms with van der Waals surface area (Å²) in [4.78, 5) is 40.2. The summed E-state index contributed by atoms with van der Waals surface area (Å²) in [6, 6.07) is 12.3. The lowest BCUT2D eigenvalue weighted by Crippen LogP contribution is -2.43. The lowest BCUT2D eigenvalue weighted by molar-refractivity contribution is -0.119. The Balaban J connectivity index is 1.23. The summed E-state index contributed by atoms with van der Waals surface area (Å²) in [6.45, 7) is 7.54. The zero-order valence-electron chi connectivity index (χ0n) is 30.7. The summed E-state index contributed by atoms with van der Waals surface area (Å²) < 4.78 is 32.4. The molecule has 0 bridgehead atoms. The largest absolute Gasteiger partial charge is 0.481 e. The van der Waals surface area contributed by atoms with Crippen LogP contribution in [-0.2, 0) is 27.4 Å². The number of amides is 2. The Hall–Kier alpha value is -4.56. The minimum Gasteiger partial charge on any atom is -0.481 e. The van der Waals surface area contributed by atoms with Gasteiger partial charge in [0.15, 0.2) is 11.6 Å². The van der Waals surface area contributed by atoms with Crippen molar-refractivity contribution in [1.29, 1.82) is 0 Å². The van der Waals surface area contributed by atoms with Gasteiger partial charge in [0.25, 0.3) is 0 Å². The van der Waals surface area contributed by atoms with Crippen molar-refractivity contribution in [2.24, 2.45) is 0 Å². The minimum absolute atomic E-state index is 0.0442. The number of nitrogens with one attached hydrogen (secondary N) is 3. The first-order valence-corrected chi connectivity index (χ1v) is 18.6. The molecule has 0 aliphatic carbocycles. The second kappa shape index (κ2) is 17.3. The maximum absolute atomic E-state index is 15.6. The molecule has 6 rings (SSSR count). The summed E-state index contributed by atoms with van der Waals surface area (Å²) >= 11 is 14.0. The Kier molecular flexibility index (Phi) is 12.5. The third kappa shape index (κ3) is 9.56. The minimum atomic E-state index is -0.713. The van der Waals surface area contributed by atoms with Gasteiger partial charge in [-0.25, -0.2) is 19.2 Å². The van der Waals surface area contributed by atoms with Gasteiger partial charge in [-0.05, 0) is 70.4 Å². The van der Waals surface area contributed by atoms with E-state index in [1.54, 1.807) is 74.5 Å². The summed E-state index contributed by atoms with van der Waals surface area (Å²) in [7, 11) is 1.50. The number of anilines is 2. The van der Waals surface area contributed by atoms with Crippen molar-refractivity contribution < 1.29 is 28.2 Å². The molecule has 1 atom stereocenters. The molecule has 15 heteroatoms. The zero-order valence-corrected chi connectivity index (χ0v) is 32.2. The van der Waals surface area contributed by atoms with Gasteiger partial charge < -0.3 is 35.1 Å². The topological polar surface area (TPSA) is 140 Å². The normalized spacial score (nSPS) is 16.2. The van der Waals surface area contributed by atoms with Crippen molar-refractivity contribution in [1.82, 2.24) is 30.5 Å². The molecular weight excluding hydrogens is 736 g/mol. The third-order valence-corrected chi connectivity index (χ3v) is 9.90. The molecule has 5 heterocycles. The van der Waals surface area contributed by atoms with Crippen LogP contribution in [-0.4, -0.2) is 76.4 Å². The molecule has 12 nitrogen and oxygen atoms in total. The zero-order chi connectivity index (χ0) is 38.4. The van der Waals surface area contributed by atoms with E-state index < -0.39 is 17.5 Å². The Labute approximate surface area is 324 Å². The first-order chi connectivity index (χ1) is 25.9. The molecule has 3 aromatic heterocycles. The predicted octanol–water partition coefficient (Wildman–Crippen LogP) is 7.69. The number of hydrogen-bond acceptors (Lipinski definition) is 10. The second-order valence-corrected chi connectivity index (χ2v) is 15.0. The molecule has 2 aliphatic heterocycles. The van der Waals surface area contributed by atoms with Crippen molar-refractivity contribution in [3.8, 4) is 28.4 Å². The Morgan fingerprint density at radius 2 is 1.80 bits per heavy atom. The van der Waals surface area contributed by atoms with E-state index in [2.05, 4.69) is 25.9 Å². The number of carbonyl (C=O) groups is 2. The number of nitrogens with zero attached hydrogens (tertiary/aromatic N) is 4. The maximum atomic E-state index is 15.6. The molecule has 0 radical (unpaired) electrons. The van der Waals surface area contributed by atoms with E-state index >= 15 is 4.39 Å². The summed E-state index contributed by atoms with van der Waals surface area (Å²) in [5.74, 6) is -0.187. The third-order valence-electron chi connectivity index (χ3n) is 9.11. The highest BCUT2D eigenvalue weighted by Crippen LogP contribution is 2.41. The fourth-order valence-corrected chi connectivity index (χ4v) is 6.94. The van der Waals surface area contributed by atoms with Gasteiger partial charge in [-0.3, -0.25) is 9.78 Å². The van der Waals surface area contributed by atoms with Gasteiger partial charge in [-0.2, -0.15) is 0 Å². The number of pyridine rings is 3. The van der Waals surface area contributed by atoms with E-state index in [1.165, 1.54) is 7.11 Å². The fourth-order valence-electron chi connectivity index (χ4n) is 6.36. The Morgan fingerprint density at radius 1 is 1.02 bits per heavy atom. The van der Waals surface area contributed by atoms with Crippen LogP contribution in [0.3, 0.4) is 0 Å². The van der Waals surface area contributed by atoms with Gasteiger partial charge >= 0.3 is 6.09 Å². The number of carbonyl (C=O) groups excluding carboxylic acids is 2. The highest BCUT2D eigenvalue weighted by molar-refractivity contribution is 6.39. The first-order valence-electron chi connectivity index (χ1n) is 17.9. The van der Waals surface area contributed by atoms with Gasteiger partial charge in [-0.1, -0.05) is 35.3 Å². The highest BCUT2D eigenvalue weighted by atomic mass is 35.5. The summed E-state index contributed by atoms with van der Waals surface area (Å²) in [5.41, 5.74) is 2.80. The monoisotopic (exact) mass is 779 g/mol. The smallest absolute Gasteiger partial charge is 0.410 e. The molecule has 286 valence electrons. The molecule has 54 heavy (non-hydrogen) atoms. The molecular formula is C39H44Cl2FN7O5. The average molecular weight is 781 g/mol. The van der Waals surface area contributed by atoms with Gasteiger partial charge in [0, 0.05) is 79.5 Å². The highest BCUT2D eigenvalue weighted by Gasteiger charge is 2.29. The molecule has 2 amide bonds. The van der Waals surface area contributed by atoms with Crippen LogP contribution in [0.5, 0.6) is 5.88 Å². The SMILES string of the molecule is COc1nc(-c2ccnc(-c3cccc(Nc4nccc(CNC5CCOCC5)c4F)c3Cl)c2Cl)ccc1CN(C[C@@H]1CCC(=O)N1)C(=O)OC(C)(C)C. The lowest BCUT2D eigenvalue weighted by atomic mass is 10.1.